The zero-order chi connectivity index (χ0) is 41.0. The maximum absolute atomic E-state index is 14.5. The summed E-state index contributed by atoms with van der Waals surface area (Å²) < 4.78 is 66.1. The molecule has 296 valence electrons. The Bertz CT molecular complexity index is 1750. The van der Waals surface area contributed by atoms with Crippen LogP contribution >= 0.6 is 47.8 Å². The normalized spacial score (nSPS) is 14.3. The molecule has 1 aliphatic heterocycles. The predicted octanol–water partition coefficient (Wildman–Crippen LogP) is 7.43. The van der Waals surface area contributed by atoms with Crippen LogP contribution in [0, 0.1) is 5.41 Å². The molecule has 0 aliphatic carbocycles. The first-order valence-electron chi connectivity index (χ1n) is 15.9. The molecule has 0 bridgehead atoms. The van der Waals surface area contributed by atoms with E-state index < -0.39 is 47.6 Å². The fourth-order valence-electron chi connectivity index (χ4n) is 5.38. The van der Waals surface area contributed by atoms with Crippen LogP contribution in [-0.2, 0) is 32.0 Å². The number of unbranched alkanes of at least 4 members (excludes halogenated alkanes) is 2. The predicted molar refractivity (Wildman–Crippen MR) is 196 cm³/mol. The summed E-state index contributed by atoms with van der Waals surface area (Å²) in [6.45, 7) is 1.33. The van der Waals surface area contributed by atoms with Crippen molar-refractivity contribution in [2.45, 2.75) is 50.9 Å². The number of barbiturate groups is 1. The van der Waals surface area contributed by atoms with Gasteiger partial charge in [0, 0.05) is 26.5 Å². The molecular formula is C34H35Br3F6N4O7. The van der Waals surface area contributed by atoms with Gasteiger partial charge in [0.05, 0.1) is 0 Å². The van der Waals surface area contributed by atoms with E-state index in [0.717, 1.165) is 35.3 Å². The molecule has 4 rings (SSSR count). The number of carbonyl (C=O) groups is 5. The zero-order valence-electron chi connectivity index (χ0n) is 28.2. The first kappa shape index (κ1) is 46.6. The van der Waals surface area contributed by atoms with E-state index in [1.165, 1.54) is 9.80 Å². The van der Waals surface area contributed by atoms with E-state index in [4.69, 9.17) is 31.3 Å². The number of carbonyl (C=O) groups excluding carboxylic acids is 3. The van der Waals surface area contributed by atoms with Crippen molar-refractivity contribution >= 4 is 88.3 Å². The van der Waals surface area contributed by atoms with E-state index >= 15 is 0 Å². The lowest BCUT2D eigenvalue weighted by atomic mass is 9.72. The van der Waals surface area contributed by atoms with Crippen LogP contribution in [0.25, 0.3) is 10.8 Å². The zero-order valence-corrected chi connectivity index (χ0v) is 32.9. The fourth-order valence-corrected chi connectivity index (χ4v) is 7.25. The molecule has 3 aromatic carbocycles. The summed E-state index contributed by atoms with van der Waals surface area (Å²) in [5, 5.41) is 16.2. The third-order valence-corrected chi connectivity index (χ3v) is 9.42. The monoisotopic (exact) mass is 962 g/mol. The van der Waals surface area contributed by atoms with Gasteiger partial charge in [0.1, 0.15) is 5.41 Å². The van der Waals surface area contributed by atoms with Crippen LogP contribution in [0.5, 0.6) is 0 Å². The highest BCUT2D eigenvalue weighted by molar-refractivity contribution is 9.11. The van der Waals surface area contributed by atoms with Crippen LogP contribution in [0.4, 0.5) is 31.1 Å². The molecule has 3 aromatic rings. The summed E-state index contributed by atoms with van der Waals surface area (Å²) in [6.07, 6.45) is -7.41. The minimum Gasteiger partial charge on any atom is -0.475 e. The number of aliphatic carboxylic acids is 2. The topological polar surface area (TPSA) is 184 Å². The minimum atomic E-state index is -5.08. The van der Waals surface area contributed by atoms with Crippen molar-refractivity contribution in [2.24, 2.45) is 16.9 Å². The third-order valence-electron chi connectivity index (χ3n) is 7.81. The van der Waals surface area contributed by atoms with E-state index in [1.54, 1.807) is 0 Å². The smallest absolute Gasteiger partial charge is 0.475 e. The highest BCUT2D eigenvalue weighted by Gasteiger charge is 2.57. The van der Waals surface area contributed by atoms with Gasteiger partial charge in [-0.25, -0.2) is 14.4 Å². The van der Waals surface area contributed by atoms with Crippen LogP contribution in [0.2, 0.25) is 0 Å². The Morgan fingerprint density at radius 2 is 1.09 bits per heavy atom. The second-order valence-electron chi connectivity index (χ2n) is 11.8. The molecule has 1 heterocycles. The third kappa shape index (κ3) is 12.7. The number of hydrogen-bond acceptors (Lipinski definition) is 7. The second kappa shape index (κ2) is 20.4. The van der Waals surface area contributed by atoms with Gasteiger partial charge in [-0.2, -0.15) is 26.3 Å². The number of hydrogen-bond donors (Lipinski definition) is 4. The number of urea groups is 1. The van der Waals surface area contributed by atoms with E-state index in [1.807, 2.05) is 54.6 Å². The molecule has 0 radical (unpaired) electrons. The fraction of sp³-hybridized carbons (Fsp3) is 0.382. The molecule has 54 heavy (non-hydrogen) atoms. The number of nitrogens with zero attached hydrogens (tertiary/aromatic N) is 2. The lowest BCUT2D eigenvalue weighted by molar-refractivity contribution is -0.193. The van der Waals surface area contributed by atoms with E-state index in [0.29, 0.717) is 38.8 Å². The van der Waals surface area contributed by atoms with Gasteiger partial charge >= 0.3 is 30.3 Å². The van der Waals surface area contributed by atoms with Crippen molar-refractivity contribution in [3.63, 3.8) is 0 Å². The van der Waals surface area contributed by atoms with E-state index in [-0.39, 0.29) is 25.9 Å². The first-order valence-corrected chi connectivity index (χ1v) is 18.3. The number of alkyl halides is 6. The molecule has 1 aliphatic rings. The van der Waals surface area contributed by atoms with Gasteiger partial charge in [-0.15, -0.1) is 0 Å². The van der Waals surface area contributed by atoms with E-state index in [2.05, 4.69) is 47.8 Å². The van der Waals surface area contributed by atoms with Crippen LogP contribution in [0.1, 0.15) is 36.8 Å². The van der Waals surface area contributed by atoms with Gasteiger partial charge in [-0.3, -0.25) is 19.4 Å². The average molecular weight is 965 g/mol. The standard InChI is InChI=1S/C30H33Br3N4O3.2C2HF3O2/c31-22-15-20(16-23(32)17-22)18-30(19-21-9-10-26(33)25-8-2-1-7-24(21)25)27(38)36(13-5-3-11-34)29(40)37(28(30)39)14-6-4-12-35;2*3-2(4,5)1(6)7/h1-2,7-10,15-17H,3-6,11-14,18-19,34-35H2;2*(H,6,7). The molecule has 4 amide bonds. The quantitative estimate of drug-likeness (QED) is 0.0815. The Hall–Kier alpha value is -3.59. The minimum absolute atomic E-state index is 0.140. The molecular weight excluding hydrogens is 930 g/mol. The molecule has 0 spiro atoms. The van der Waals surface area contributed by atoms with Gasteiger partial charge in [0.2, 0.25) is 11.8 Å². The van der Waals surface area contributed by atoms with Gasteiger partial charge < -0.3 is 21.7 Å². The average Bonchev–Trinajstić information content (AvgIpc) is 3.07. The van der Waals surface area contributed by atoms with Crippen LogP contribution in [-0.4, -0.2) is 88.3 Å². The number of nitrogens with two attached hydrogens (primary N) is 2. The van der Waals surface area contributed by atoms with Crippen molar-refractivity contribution in [1.29, 1.82) is 0 Å². The van der Waals surface area contributed by atoms with Gasteiger partial charge in [0.25, 0.3) is 0 Å². The summed E-state index contributed by atoms with van der Waals surface area (Å²) >= 11 is 10.7. The Morgan fingerprint density at radius 1 is 0.667 bits per heavy atom. The Balaban J connectivity index is 0.000000610. The highest BCUT2D eigenvalue weighted by atomic mass is 79.9. The van der Waals surface area contributed by atoms with Crippen molar-refractivity contribution in [1.82, 2.24) is 9.80 Å². The molecule has 0 saturated carbocycles. The maximum atomic E-state index is 14.5. The summed E-state index contributed by atoms with van der Waals surface area (Å²) in [5.41, 5.74) is 11.6. The molecule has 1 fully saturated rings. The largest absolute Gasteiger partial charge is 0.490 e. The molecule has 1 saturated heterocycles. The maximum Gasteiger partial charge on any atom is 0.490 e. The molecule has 20 heteroatoms. The summed E-state index contributed by atoms with van der Waals surface area (Å²) in [4.78, 5) is 62.9. The number of halogens is 9. The Labute approximate surface area is 330 Å². The molecule has 0 aromatic heterocycles. The van der Waals surface area contributed by atoms with Crippen molar-refractivity contribution in [3.8, 4) is 0 Å². The lowest BCUT2D eigenvalue weighted by Gasteiger charge is -2.44. The number of imide groups is 2. The van der Waals surface area contributed by atoms with Crippen LogP contribution in [0.3, 0.4) is 0 Å². The number of benzene rings is 3. The summed E-state index contributed by atoms with van der Waals surface area (Å²) in [7, 11) is 0. The number of amides is 4. The first-order chi connectivity index (χ1) is 25.1. The van der Waals surface area contributed by atoms with Crippen molar-refractivity contribution in [2.75, 3.05) is 26.2 Å². The number of rotatable bonds is 12. The van der Waals surface area contributed by atoms with Crippen molar-refractivity contribution < 1.29 is 60.5 Å². The van der Waals surface area contributed by atoms with Gasteiger partial charge in [-0.05, 0) is 97.8 Å². The van der Waals surface area contributed by atoms with Crippen LogP contribution < -0.4 is 11.5 Å². The number of carboxylic acid groups (broad SMARTS) is 2. The Kier molecular flexibility index (Phi) is 17.6. The number of fused-ring (bicyclic) bond motifs is 1. The second-order valence-corrected chi connectivity index (χ2v) is 14.4. The highest BCUT2D eigenvalue weighted by Crippen LogP contribution is 2.40. The van der Waals surface area contributed by atoms with Crippen molar-refractivity contribution in [3.05, 3.63) is 79.1 Å². The molecule has 11 nitrogen and oxygen atoms in total. The number of carboxylic acids is 2. The molecule has 0 unspecified atom stereocenters. The lowest BCUT2D eigenvalue weighted by Crippen LogP contribution is -2.66. The van der Waals surface area contributed by atoms with Gasteiger partial charge in [-0.1, -0.05) is 78.1 Å². The SMILES string of the molecule is NCCCCN1C(=O)N(CCCCN)C(=O)C(Cc2cc(Br)cc(Br)c2)(Cc2ccc(Br)c3ccccc23)C1=O.O=C(O)C(F)(F)F.O=C(O)C(F)(F)F. The molecule has 6 N–H and O–H groups in total. The van der Waals surface area contributed by atoms with Gasteiger partial charge in [0.15, 0.2) is 0 Å². The van der Waals surface area contributed by atoms with E-state index in [9.17, 15) is 40.7 Å². The van der Waals surface area contributed by atoms with Crippen LogP contribution in [0.15, 0.2) is 68.0 Å². The molecule has 0 atom stereocenters. The Morgan fingerprint density at radius 3 is 1.50 bits per heavy atom. The summed E-state index contributed by atoms with van der Waals surface area (Å²) in [6, 6.07) is 17.0. The summed E-state index contributed by atoms with van der Waals surface area (Å²) in [5.74, 6) is -6.43.